The second-order valence-corrected chi connectivity index (χ2v) is 6.06. The maximum absolute atomic E-state index is 4.65. The van der Waals surface area contributed by atoms with Crippen molar-refractivity contribution in [2.45, 2.75) is 19.9 Å². The van der Waals surface area contributed by atoms with Crippen molar-refractivity contribution in [3.05, 3.63) is 77.7 Å². The molecule has 0 aliphatic heterocycles. The van der Waals surface area contributed by atoms with Gasteiger partial charge in [-0.2, -0.15) is 4.98 Å². The number of pyridine rings is 1. The largest absolute Gasteiger partial charge is 0.366 e. The van der Waals surface area contributed by atoms with Gasteiger partial charge in [-0.3, -0.25) is 4.98 Å². The number of nitrogens with one attached hydrogen (secondary N) is 1. The quantitative estimate of drug-likeness (QED) is 0.717. The molecule has 3 aromatic rings. The molecule has 25 heavy (non-hydrogen) atoms. The monoisotopic (exact) mass is 333 g/mol. The van der Waals surface area contributed by atoms with Crippen LogP contribution in [-0.2, 0) is 13.0 Å². The number of hydrogen-bond donors (Lipinski definition) is 1. The van der Waals surface area contributed by atoms with Gasteiger partial charge in [-0.1, -0.05) is 30.3 Å². The van der Waals surface area contributed by atoms with E-state index < -0.39 is 0 Å². The molecule has 0 spiro atoms. The molecule has 0 bridgehead atoms. The highest BCUT2D eigenvalue weighted by molar-refractivity contribution is 5.44. The fourth-order valence-corrected chi connectivity index (χ4v) is 2.55. The Labute approximate surface area is 148 Å². The average Bonchev–Trinajstić information content (AvgIpc) is 2.66. The number of anilines is 2. The van der Waals surface area contributed by atoms with Crippen LogP contribution in [0.1, 0.15) is 16.8 Å². The van der Waals surface area contributed by atoms with E-state index in [1.165, 1.54) is 11.1 Å². The second-order valence-electron chi connectivity index (χ2n) is 6.06. The van der Waals surface area contributed by atoms with Gasteiger partial charge in [-0.15, -0.1) is 0 Å². The van der Waals surface area contributed by atoms with E-state index in [9.17, 15) is 0 Å². The molecule has 128 valence electrons. The van der Waals surface area contributed by atoms with Gasteiger partial charge in [0.15, 0.2) is 0 Å². The van der Waals surface area contributed by atoms with Crippen LogP contribution in [0.3, 0.4) is 0 Å². The van der Waals surface area contributed by atoms with Gasteiger partial charge in [0.05, 0.1) is 0 Å². The Morgan fingerprint density at radius 3 is 2.48 bits per heavy atom. The van der Waals surface area contributed by atoms with Gasteiger partial charge in [0.25, 0.3) is 0 Å². The molecule has 1 aromatic carbocycles. The summed E-state index contributed by atoms with van der Waals surface area (Å²) in [6, 6.07) is 16.4. The molecule has 2 aromatic heterocycles. The fourth-order valence-electron chi connectivity index (χ4n) is 2.55. The van der Waals surface area contributed by atoms with Crippen molar-refractivity contribution in [2.24, 2.45) is 0 Å². The van der Waals surface area contributed by atoms with E-state index in [1.54, 1.807) is 0 Å². The minimum Gasteiger partial charge on any atom is -0.366 e. The highest BCUT2D eigenvalue weighted by Crippen LogP contribution is 2.14. The summed E-state index contributed by atoms with van der Waals surface area (Å²) >= 11 is 0. The summed E-state index contributed by atoms with van der Waals surface area (Å²) in [6.45, 7) is 3.60. The van der Waals surface area contributed by atoms with Crippen molar-refractivity contribution in [3.63, 3.8) is 0 Å². The third-order valence-corrected chi connectivity index (χ3v) is 3.99. The summed E-state index contributed by atoms with van der Waals surface area (Å²) in [7, 11) is 2.02. The highest BCUT2D eigenvalue weighted by atomic mass is 15.2. The van der Waals surface area contributed by atoms with E-state index in [4.69, 9.17) is 0 Å². The van der Waals surface area contributed by atoms with Crippen molar-refractivity contribution >= 4 is 11.8 Å². The van der Waals surface area contributed by atoms with Gasteiger partial charge in [-0.25, -0.2) is 4.98 Å². The molecule has 0 unspecified atom stereocenters. The Balaban J connectivity index is 1.64. The zero-order valence-corrected chi connectivity index (χ0v) is 14.7. The molecule has 0 aliphatic rings. The lowest BCUT2D eigenvalue weighted by Gasteiger charge is -2.18. The first kappa shape index (κ1) is 16.9. The van der Waals surface area contributed by atoms with Crippen LogP contribution in [0.4, 0.5) is 11.8 Å². The molecule has 3 rings (SSSR count). The molecule has 0 amide bonds. The van der Waals surface area contributed by atoms with Gasteiger partial charge in [0, 0.05) is 44.3 Å². The minimum absolute atomic E-state index is 0.740. The maximum atomic E-state index is 4.65. The van der Waals surface area contributed by atoms with Crippen LogP contribution < -0.4 is 10.2 Å². The van der Waals surface area contributed by atoms with Crippen molar-refractivity contribution in [3.8, 4) is 0 Å². The smallest absolute Gasteiger partial charge is 0.227 e. The second kappa shape index (κ2) is 8.24. The molecule has 0 saturated carbocycles. The molecule has 0 radical (unpaired) electrons. The molecular formula is C20H23N5. The first-order chi connectivity index (χ1) is 12.2. The summed E-state index contributed by atoms with van der Waals surface area (Å²) < 4.78 is 0. The van der Waals surface area contributed by atoms with Crippen LogP contribution in [0.15, 0.2) is 60.9 Å². The Morgan fingerprint density at radius 2 is 1.72 bits per heavy atom. The number of hydrogen-bond acceptors (Lipinski definition) is 5. The van der Waals surface area contributed by atoms with Crippen LogP contribution in [0, 0.1) is 6.92 Å². The molecule has 0 aliphatic carbocycles. The average molecular weight is 333 g/mol. The molecule has 1 N–H and O–H groups in total. The third kappa shape index (κ3) is 5.01. The topological polar surface area (TPSA) is 53.9 Å². The summed E-state index contributed by atoms with van der Waals surface area (Å²) in [5.74, 6) is 1.59. The van der Waals surface area contributed by atoms with E-state index in [-0.39, 0.29) is 0 Å². The Bertz CT molecular complexity index is 790. The normalized spacial score (nSPS) is 10.5. The predicted molar refractivity (Wildman–Crippen MR) is 102 cm³/mol. The Hall–Kier alpha value is -2.95. The van der Waals surface area contributed by atoms with Crippen LogP contribution >= 0.6 is 0 Å². The molecule has 5 nitrogen and oxygen atoms in total. The number of aromatic nitrogens is 3. The predicted octanol–water partition coefficient (Wildman–Crippen LogP) is 3.47. The first-order valence-electron chi connectivity index (χ1n) is 8.44. The number of rotatable bonds is 7. The van der Waals surface area contributed by atoms with Crippen molar-refractivity contribution < 1.29 is 0 Å². The zero-order valence-electron chi connectivity index (χ0n) is 14.7. The van der Waals surface area contributed by atoms with Crippen LogP contribution in [0.25, 0.3) is 0 Å². The maximum Gasteiger partial charge on any atom is 0.227 e. The van der Waals surface area contributed by atoms with Gasteiger partial charge >= 0.3 is 0 Å². The summed E-state index contributed by atoms with van der Waals surface area (Å²) in [6.07, 6.45) is 4.58. The molecule has 2 heterocycles. The van der Waals surface area contributed by atoms with Crippen molar-refractivity contribution in [2.75, 3.05) is 23.8 Å². The zero-order chi connectivity index (χ0) is 17.5. The summed E-state index contributed by atoms with van der Waals surface area (Å²) in [5.41, 5.74) is 3.44. The van der Waals surface area contributed by atoms with Gasteiger partial charge in [0.2, 0.25) is 5.95 Å². The number of aryl methyl sites for hydroxylation is 1. The lowest BCUT2D eigenvalue weighted by atomic mass is 10.2. The van der Waals surface area contributed by atoms with Gasteiger partial charge in [0.1, 0.15) is 5.82 Å². The van der Waals surface area contributed by atoms with E-state index in [0.29, 0.717) is 0 Å². The van der Waals surface area contributed by atoms with Crippen LogP contribution in [0.5, 0.6) is 0 Å². The molecule has 0 fully saturated rings. The van der Waals surface area contributed by atoms with E-state index in [0.717, 1.165) is 37.0 Å². The number of benzene rings is 1. The fraction of sp³-hybridized carbons (Fsp3) is 0.250. The standard InChI is InChI=1S/C20H23N5/c1-16-14-19(22-15-18-6-4-3-5-7-18)24-20(23-16)25(2)13-10-17-8-11-21-12-9-17/h3-9,11-12,14H,10,13,15H2,1-2H3,(H,22,23,24). The number of likely N-dealkylation sites (N-methyl/N-ethyl adjacent to an activating group) is 1. The van der Waals surface area contributed by atoms with Crippen molar-refractivity contribution in [1.29, 1.82) is 0 Å². The van der Waals surface area contributed by atoms with Crippen LogP contribution in [0.2, 0.25) is 0 Å². The summed E-state index contributed by atoms with van der Waals surface area (Å²) in [4.78, 5) is 15.4. The van der Waals surface area contributed by atoms with Gasteiger partial charge < -0.3 is 10.2 Å². The highest BCUT2D eigenvalue weighted by Gasteiger charge is 2.08. The molecule has 0 saturated heterocycles. The van der Waals surface area contributed by atoms with Crippen molar-refractivity contribution in [1.82, 2.24) is 15.0 Å². The van der Waals surface area contributed by atoms with Crippen LogP contribution in [-0.4, -0.2) is 28.5 Å². The summed E-state index contributed by atoms with van der Waals surface area (Å²) in [5, 5.41) is 3.38. The van der Waals surface area contributed by atoms with E-state index in [1.807, 2.05) is 62.8 Å². The van der Waals surface area contributed by atoms with E-state index in [2.05, 4.69) is 37.3 Å². The van der Waals surface area contributed by atoms with Gasteiger partial charge in [-0.05, 0) is 36.6 Å². The molecular weight excluding hydrogens is 310 g/mol. The van der Waals surface area contributed by atoms with E-state index >= 15 is 0 Å². The first-order valence-corrected chi connectivity index (χ1v) is 8.44. The minimum atomic E-state index is 0.740. The Morgan fingerprint density at radius 1 is 0.960 bits per heavy atom. The molecule has 5 heteroatoms. The lowest BCUT2D eigenvalue weighted by molar-refractivity contribution is 0.831. The third-order valence-electron chi connectivity index (χ3n) is 3.99. The number of nitrogens with zero attached hydrogens (tertiary/aromatic N) is 4. The lowest BCUT2D eigenvalue weighted by Crippen LogP contribution is -2.23. The molecule has 0 atom stereocenters. The SMILES string of the molecule is Cc1cc(NCc2ccccc2)nc(N(C)CCc2ccncc2)n1. The Kier molecular flexibility index (Phi) is 5.57.